The number of amides is 1. The Labute approximate surface area is 123 Å². The van der Waals surface area contributed by atoms with Crippen molar-refractivity contribution in [1.29, 1.82) is 0 Å². The number of nitrogens with zero attached hydrogens (tertiary/aromatic N) is 1. The van der Waals surface area contributed by atoms with E-state index in [0.29, 0.717) is 5.56 Å². The predicted molar refractivity (Wildman–Crippen MR) is 76.0 cm³/mol. The lowest BCUT2D eigenvalue weighted by Crippen LogP contribution is -2.48. The first kappa shape index (κ1) is 16.7. The summed E-state index contributed by atoms with van der Waals surface area (Å²) < 4.78 is 0. The molecule has 0 aromatic heterocycles. The number of carbonyl (C=O) groups excluding carboxylic acids is 1. The van der Waals surface area contributed by atoms with Gasteiger partial charge < -0.3 is 15.1 Å². The van der Waals surface area contributed by atoms with Gasteiger partial charge in [-0.1, -0.05) is 32.0 Å². The van der Waals surface area contributed by atoms with E-state index in [4.69, 9.17) is 5.11 Å². The van der Waals surface area contributed by atoms with Crippen LogP contribution in [0.1, 0.15) is 30.6 Å². The van der Waals surface area contributed by atoms with Crippen molar-refractivity contribution in [3.63, 3.8) is 0 Å². The van der Waals surface area contributed by atoms with Gasteiger partial charge in [0.2, 0.25) is 0 Å². The molecule has 0 aliphatic heterocycles. The third-order valence-electron chi connectivity index (χ3n) is 3.07. The quantitative estimate of drug-likeness (QED) is 0.798. The average Bonchev–Trinajstić information content (AvgIpc) is 2.42. The van der Waals surface area contributed by atoms with Crippen molar-refractivity contribution >= 4 is 17.8 Å². The molecule has 21 heavy (non-hydrogen) atoms. The zero-order valence-corrected chi connectivity index (χ0v) is 12.0. The number of carbonyl (C=O) groups is 3. The number of carboxylic acids is 2. The maximum atomic E-state index is 12.5. The van der Waals surface area contributed by atoms with E-state index in [2.05, 4.69) is 0 Å². The van der Waals surface area contributed by atoms with Gasteiger partial charge in [-0.25, -0.2) is 4.79 Å². The fourth-order valence-electron chi connectivity index (χ4n) is 2.11. The van der Waals surface area contributed by atoms with E-state index >= 15 is 0 Å². The molecular formula is C15H19NO5. The van der Waals surface area contributed by atoms with Gasteiger partial charge in [-0.15, -0.1) is 0 Å². The minimum absolute atomic E-state index is 0.141. The summed E-state index contributed by atoms with van der Waals surface area (Å²) in [6.07, 6.45) is -0.297. The van der Waals surface area contributed by atoms with Gasteiger partial charge >= 0.3 is 11.9 Å². The highest BCUT2D eigenvalue weighted by Crippen LogP contribution is 2.16. The largest absolute Gasteiger partial charge is 0.481 e. The smallest absolute Gasteiger partial charge is 0.326 e. The van der Waals surface area contributed by atoms with Crippen LogP contribution in [0.4, 0.5) is 0 Å². The Hall–Kier alpha value is -2.37. The normalized spacial score (nSPS) is 12.0. The van der Waals surface area contributed by atoms with Gasteiger partial charge in [-0.3, -0.25) is 9.59 Å². The molecule has 114 valence electrons. The topological polar surface area (TPSA) is 94.9 Å². The minimum atomic E-state index is -1.14. The molecule has 2 N–H and O–H groups in total. The highest BCUT2D eigenvalue weighted by Gasteiger charge is 2.32. The van der Waals surface area contributed by atoms with E-state index in [-0.39, 0.29) is 18.9 Å². The fourth-order valence-corrected chi connectivity index (χ4v) is 2.11. The number of aliphatic carboxylic acids is 2. The van der Waals surface area contributed by atoms with E-state index < -0.39 is 23.9 Å². The van der Waals surface area contributed by atoms with Gasteiger partial charge in [0.15, 0.2) is 0 Å². The maximum absolute atomic E-state index is 12.5. The molecule has 1 unspecified atom stereocenters. The van der Waals surface area contributed by atoms with Crippen molar-refractivity contribution in [3.8, 4) is 0 Å². The molecule has 0 saturated heterocycles. The number of benzene rings is 1. The van der Waals surface area contributed by atoms with E-state index in [1.807, 2.05) is 0 Å². The first-order chi connectivity index (χ1) is 9.84. The van der Waals surface area contributed by atoms with Crippen LogP contribution in [0.2, 0.25) is 0 Å². The first-order valence-electron chi connectivity index (χ1n) is 6.65. The minimum Gasteiger partial charge on any atom is -0.481 e. The molecule has 6 heteroatoms. The summed E-state index contributed by atoms with van der Waals surface area (Å²) in [5.41, 5.74) is 0.342. The lowest BCUT2D eigenvalue weighted by Gasteiger charge is -2.31. The number of hydrogen-bond donors (Lipinski definition) is 2. The Balaban J connectivity index is 3.08. The van der Waals surface area contributed by atoms with Gasteiger partial charge in [-0.2, -0.15) is 0 Å². The van der Waals surface area contributed by atoms with Crippen LogP contribution < -0.4 is 0 Å². The summed E-state index contributed by atoms with van der Waals surface area (Å²) in [5.74, 6) is -3.02. The first-order valence-corrected chi connectivity index (χ1v) is 6.65. The van der Waals surface area contributed by atoms with E-state index in [1.54, 1.807) is 44.2 Å². The zero-order valence-electron chi connectivity index (χ0n) is 12.0. The second-order valence-electron chi connectivity index (χ2n) is 5.04. The van der Waals surface area contributed by atoms with E-state index in [0.717, 1.165) is 4.90 Å². The SMILES string of the molecule is CC(C)C(C(=O)O)N(CCC(=O)O)C(=O)c1ccccc1. The third-order valence-corrected chi connectivity index (χ3v) is 3.07. The lowest BCUT2D eigenvalue weighted by molar-refractivity contribution is -0.145. The molecule has 0 aliphatic carbocycles. The molecule has 1 aromatic carbocycles. The molecule has 0 spiro atoms. The molecule has 1 rings (SSSR count). The zero-order chi connectivity index (χ0) is 16.0. The van der Waals surface area contributed by atoms with Crippen LogP contribution >= 0.6 is 0 Å². The maximum Gasteiger partial charge on any atom is 0.326 e. The van der Waals surface area contributed by atoms with Gasteiger partial charge in [0.25, 0.3) is 5.91 Å². The van der Waals surface area contributed by atoms with Gasteiger partial charge in [0.1, 0.15) is 6.04 Å². The van der Waals surface area contributed by atoms with Crippen LogP contribution in [0, 0.1) is 5.92 Å². The van der Waals surface area contributed by atoms with Crippen LogP contribution in [0.5, 0.6) is 0 Å². The molecule has 0 saturated carbocycles. The molecule has 0 bridgehead atoms. The molecule has 1 amide bonds. The van der Waals surface area contributed by atoms with Gasteiger partial charge in [0, 0.05) is 12.1 Å². The van der Waals surface area contributed by atoms with Gasteiger partial charge in [-0.05, 0) is 18.1 Å². The van der Waals surface area contributed by atoms with Crippen LogP contribution in [0.25, 0.3) is 0 Å². The number of hydrogen-bond acceptors (Lipinski definition) is 3. The molecule has 0 fully saturated rings. The predicted octanol–water partition coefficient (Wildman–Crippen LogP) is 1.71. The fraction of sp³-hybridized carbons (Fsp3) is 0.400. The standard InChI is InChI=1S/C15H19NO5/c1-10(2)13(15(20)21)16(9-8-12(17)18)14(19)11-6-4-3-5-7-11/h3-7,10,13H,8-9H2,1-2H3,(H,17,18)(H,20,21). The Morgan fingerprint density at radius 3 is 2.10 bits per heavy atom. The molecule has 0 aliphatic rings. The molecule has 1 atom stereocenters. The molecule has 0 radical (unpaired) electrons. The molecule has 1 aromatic rings. The summed E-state index contributed by atoms with van der Waals surface area (Å²) in [5, 5.41) is 18.1. The molecule has 0 heterocycles. The second-order valence-corrected chi connectivity index (χ2v) is 5.04. The Morgan fingerprint density at radius 1 is 1.10 bits per heavy atom. The van der Waals surface area contributed by atoms with Crippen LogP contribution in [0.15, 0.2) is 30.3 Å². The molecular weight excluding hydrogens is 274 g/mol. The van der Waals surface area contributed by atoms with Crippen molar-refractivity contribution < 1.29 is 24.6 Å². The monoisotopic (exact) mass is 293 g/mol. The Bertz CT molecular complexity index is 512. The van der Waals surface area contributed by atoms with E-state index in [1.165, 1.54) is 0 Å². The number of carboxylic acid groups (broad SMARTS) is 2. The highest BCUT2D eigenvalue weighted by molar-refractivity contribution is 5.96. The second kappa shape index (κ2) is 7.42. The highest BCUT2D eigenvalue weighted by atomic mass is 16.4. The van der Waals surface area contributed by atoms with Crippen LogP contribution in [-0.2, 0) is 9.59 Å². The summed E-state index contributed by atoms with van der Waals surface area (Å²) in [6.45, 7) is 3.23. The summed E-state index contributed by atoms with van der Waals surface area (Å²) in [4.78, 5) is 35.8. The van der Waals surface area contributed by atoms with Crippen molar-refractivity contribution in [1.82, 2.24) is 4.90 Å². The van der Waals surface area contributed by atoms with Crippen molar-refractivity contribution in [2.45, 2.75) is 26.3 Å². The summed E-state index contributed by atoms with van der Waals surface area (Å²) >= 11 is 0. The third kappa shape index (κ3) is 4.59. The molecule has 6 nitrogen and oxygen atoms in total. The van der Waals surface area contributed by atoms with Crippen molar-refractivity contribution in [2.24, 2.45) is 5.92 Å². The average molecular weight is 293 g/mol. The summed E-state index contributed by atoms with van der Waals surface area (Å²) in [6, 6.07) is 7.19. The summed E-state index contributed by atoms with van der Waals surface area (Å²) in [7, 11) is 0. The van der Waals surface area contributed by atoms with Crippen LogP contribution in [-0.4, -0.2) is 45.5 Å². The Kier molecular flexibility index (Phi) is 5.90. The Morgan fingerprint density at radius 2 is 1.67 bits per heavy atom. The van der Waals surface area contributed by atoms with Crippen molar-refractivity contribution in [2.75, 3.05) is 6.54 Å². The van der Waals surface area contributed by atoms with Crippen molar-refractivity contribution in [3.05, 3.63) is 35.9 Å². The van der Waals surface area contributed by atoms with Gasteiger partial charge in [0.05, 0.1) is 6.42 Å². The lowest BCUT2D eigenvalue weighted by atomic mass is 10.0. The number of rotatable bonds is 7. The van der Waals surface area contributed by atoms with Crippen LogP contribution in [0.3, 0.4) is 0 Å². The van der Waals surface area contributed by atoms with E-state index in [9.17, 15) is 19.5 Å².